The van der Waals surface area contributed by atoms with Crippen LogP contribution in [0.3, 0.4) is 0 Å². The Hall–Kier alpha value is -1.06. The van der Waals surface area contributed by atoms with Crippen LogP contribution in [0, 0.1) is 0 Å². The molecule has 0 aromatic heterocycles. The summed E-state index contributed by atoms with van der Waals surface area (Å²) in [7, 11) is 0. The molecule has 1 N–H and O–H groups in total. The summed E-state index contributed by atoms with van der Waals surface area (Å²) in [5, 5.41) is 4.10. The number of nitrogens with one attached hydrogen (secondary N) is 1. The highest BCUT2D eigenvalue weighted by atomic mass is 35.5. The normalized spacial score (nSPS) is 17.3. The lowest BCUT2D eigenvalue weighted by atomic mass is 10.1. The molecular weight excluding hydrogens is 284 g/mol. The number of halogens is 1. The van der Waals surface area contributed by atoms with Crippen molar-refractivity contribution in [3.63, 3.8) is 0 Å². The Labute approximate surface area is 132 Å². The van der Waals surface area contributed by atoms with E-state index in [4.69, 9.17) is 11.6 Å². The SMILES string of the molecule is CC(NCCc1ccc(Cl)cc1)C(=O)N1CCCCCC1. The number of rotatable bonds is 5. The van der Waals surface area contributed by atoms with Gasteiger partial charge in [0, 0.05) is 18.1 Å². The summed E-state index contributed by atoms with van der Waals surface area (Å²) in [6, 6.07) is 7.78. The molecule has 21 heavy (non-hydrogen) atoms. The van der Waals surface area contributed by atoms with Gasteiger partial charge in [0.15, 0.2) is 0 Å². The molecule has 116 valence electrons. The second-order valence-corrected chi connectivity index (χ2v) is 6.23. The lowest BCUT2D eigenvalue weighted by Gasteiger charge is -2.24. The predicted octanol–water partition coefficient (Wildman–Crippen LogP) is 3.26. The first-order valence-corrected chi connectivity index (χ1v) is 8.31. The minimum atomic E-state index is -0.101. The van der Waals surface area contributed by atoms with Gasteiger partial charge in [-0.1, -0.05) is 36.6 Å². The van der Waals surface area contributed by atoms with E-state index in [1.165, 1.54) is 18.4 Å². The van der Waals surface area contributed by atoms with Gasteiger partial charge in [0.1, 0.15) is 0 Å². The predicted molar refractivity (Wildman–Crippen MR) is 87.7 cm³/mol. The first-order chi connectivity index (χ1) is 10.2. The van der Waals surface area contributed by atoms with E-state index in [1.54, 1.807) is 0 Å². The summed E-state index contributed by atoms with van der Waals surface area (Å²) in [6.45, 7) is 4.61. The molecule has 1 saturated heterocycles. The van der Waals surface area contributed by atoms with Crippen LogP contribution in [0.15, 0.2) is 24.3 Å². The molecule has 0 radical (unpaired) electrons. The van der Waals surface area contributed by atoms with Gasteiger partial charge in [-0.3, -0.25) is 4.79 Å². The fourth-order valence-electron chi connectivity index (χ4n) is 2.74. The Morgan fingerprint density at radius 3 is 2.43 bits per heavy atom. The summed E-state index contributed by atoms with van der Waals surface area (Å²) in [6.07, 6.45) is 5.70. The number of hydrogen-bond acceptors (Lipinski definition) is 2. The zero-order chi connectivity index (χ0) is 15.1. The summed E-state index contributed by atoms with van der Waals surface area (Å²) in [5.74, 6) is 0.244. The largest absolute Gasteiger partial charge is 0.341 e. The molecule has 1 aromatic carbocycles. The van der Waals surface area contributed by atoms with E-state index in [2.05, 4.69) is 5.32 Å². The fourth-order valence-corrected chi connectivity index (χ4v) is 2.86. The van der Waals surface area contributed by atoms with Crippen molar-refractivity contribution in [1.29, 1.82) is 0 Å². The maximum Gasteiger partial charge on any atom is 0.239 e. The maximum absolute atomic E-state index is 12.4. The molecule has 1 heterocycles. The van der Waals surface area contributed by atoms with Crippen molar-refractivity contribution >= 4 is 17.5 Å². The topological polar surface area (TPSA) is 32.3 Å². The van der Waals surface area contributed by atoms with Crippen molar-refractivity contribution in [3.8, 4) is 0 Å². The van der Waals surface area contributed by atoms with Gasteiger partial charge in [-0.15, -0.1) is 0 Å². The Bertz CT molecular complexity index is 439. The van der Waals surface area contributed by atoms with Gasteiger partial charge in [0.25, 0.3) is 0 Å². The average Bonchev–Trinajstić information content (AvgIpc) is 2.77. The average molecular weight is 309 g/mol. The second kappa shape index (κ2) is 8.40. The Balaban J connectivity index is 1.74. The molecule has 1 unspecified atom stereocenters. The van der Waals surface area contributed by atoms with Crippen LogP contribution in [0.25, 0.3) is 0 Å². The van der Waals surface area contributed by atoms with Gasteiger partial charge in [0.2, 0.25) is 5.91 Å². The maximum atomic E-state index is 12.4. The Morgan fingerprint density at radius 1 is 1.19 bits per heavy atom. The standard InChI is InChI=1S/C17H25ClN2O/c1-14(17(21)20-12-4-2-3-5-13-20)19-11-10-15-6-8-16(18)9-7-15/h6-9,14,19H,2-5,10-13H2,1H3. The highest BCUT2D eigenvalue weighted by Gasteiger charge is 2.20. The van der Waals surface area contributed by atoms with Crippen LogP contribution in [-0.2, 0) is 11.2 Å². The smallest absolute Gasteiger partial charge is 0.239 e. The van der Waals surface area contributed by atoms with E-state index in [-0.39, 0.29) is 11.9 Å². The molecule has 1 aliphatic heterocycles. The zero-order valence-electron chi connectivity index (χ0n) is 12.8. The summed E-state index contributed by atoms with van der Waals surface area (Å²) >= 11 is 5.87. The quantitative estimate of drug-likeness (QED) is 0.905. The van der Waals surface area contributed by atoms with Gasteiger partial charge in [-0.2, -0.15) is 0 Å². The van der Waals surface area contributed by atoms with Crippen LogP contribution in [0.5, 0.6) is 0 Å². The van der Waals surface area contributed by atoms with Crippen LogP contribution in [0.2, 0.25) is 5.02 Å². The molecule has 1 amide bonds. The van der Waals surface area contributed by atoms with E-state index >= 15 is 0 Å². The Morgan fingerprint density at radius 2 is 1.81 bits per heavy atom. The zero-order valence-corrected chi connectivity index (χ0v) is 13.5. The molecular formula is C17H25ClN2O. The van der Waals surface area contributed by atoms with Gasteiger partial charge in [0.05, 0.1) is 6.04 Å². The first-order valence-electron chi connectivity index (χ1n) is 7.93. The molecule has 0 aliphatic carbocycles. The third kappa shape index (κ3) is 5.33. The van der Waals surface area contributed by atoms with Gasteiger partial charge in [-0.05, 0) is 50.4 Å². The van der Waals surface area contributed by atoms with E-state index < -0.39 is 0 Å². The number of likely N-dealkylation sites (tertiary alicyclic amines) is 1. The number of benzene rings is 1. The van der Waals surface area contributed by atoms with Crippen molar-refractivity contribution < 1.29 is 4.79 Å². The van der Waals surface area contributed by atoms with E-state index in [0.29, 0.717) is 0 Å². The van der Waals surface area contributed by atoms with Crippen LogP contribution in [0.1, 0.15) is 38.2 Å². The van der Waals surface area contributed by atoms with E-state index in [9.17, 15) is 4.79 Å². The highest BCUT2D eigenvalue weighted by molar-refractivity contribution is 6.30. The van der Waals surface area contributed by atoms with Crippen molar-refractivity contribution in [2.45, 2.75) is 45.1 Å². The number of amides is 1. The van der Waals surface area contributed by atoms with Crippen LogP contribution in [0.4, 0.5) is 0 Å². The molecule has 2 rings (SSSR count). The molecule has 1 fully saturated rings. The second-order valence-electron chi connectivity index (χ2n) is 5.79. The molecule has 0 spiro atoms. The number of nitrogens with zero attached hydrogens (tertiary/aromatic N) is 1. The minimum absolute atomic E-state index is 0.101. The lowest BCUT2D eigenvalue weighted by molar-refractivity contribution is -0.133. The monoisotopic (exact) mass is 308 g/mol. The minimum Gasteiger partial charge on any atom is -0.341 e. The number of hydrogen-bond donors (Lipinski definition) is 1. The van der Waals surface area contributed by atoms with Crippen LogP contribution in [-0.4, -0.2) is 36.5 Å². The molecule has 4 heteroatoms. The summed E-state index contributed by atoms with van der Waals surface area (Å²) < 4.78 is 0. The molecule has 0 saturated carbocycles. The van der Waals surface area contributed by atoms with Crippen LogP contribution >= 0.6 is 11.6 Å². The number of carbonyl (C=O) groups is 1. The van der Waals surface area contributed by atoms with Gasteiger partial charge < -0.3 is 10.2 Å². The summed E-state index contributed by atoms with van der Waals surface area (Å²) in [5.41, 5.74) is 1.24. The molecule has 1 aliphatic rings. The van der Waals surface area contributed by atoms with Gasteiger partial charge >= 0.3 is 0 Å². The molecule has 1 atom stereocenters. The van der Waals surface area contributed by atoms with E-state index in [1.807, 2.05) is 36.1 Å². The highest BCUT2D eigenvalue weighted by Crippen LogP contribution is 2.11. The third-order valence-electron chi connectivity index (χ3n) is 4.07. The van der Waals surface area contributed by atoms with Crippen LogP contribution < -0.4 is 5.32 Å². The molecule has 1 aromatic rings. The van der Waals surface area contributed by atoms with Crippen molar-refractivity contribution in [3.05, 3.63) is 34.9 Å². The van der Waals surface area contributed by atoms with Gasteiger partial charge in [-0.25, -0.2) is 0 Å². The van der Waals surface area contributed by atoms with E-state index in [0.717, 1.165) is 43.9 Å². The van der Waals surface area contributed by atoms with Crippen molar-refractivity contribution in [2.24, 2.45) is 0 Å². The van der Waals surface area contributed by atoms with Crippen molar-refractivity contribution in [1.82, 2.24) is 10.2 Å². The van der Waals surface area contributed by atoms with Crippen molar-refractivity contribution in [2.75, 3.05) is 19.6 Å². The molecule has 0 bridgehead atoms. The number of carbonyl (C=O) groups excluding carboxylic acids is 1. The Kier molecular flexibility index (Phi) is 6.52. The molecule has 3 nitrogen and oxygen atoms in total. The third-order valence-corrected chi connectivity index (χ3v) is 4.32. The fraction of sp³-hybridized carbons (Fsp3) is 0.588. The first kappa shape index (κ1) is 16.3. The summed E-state index contributed by atoms with van der Waals surface area (Å²) in [4.78, 5) is 14.4. The lowest BCUT2D eigenvalue weighted by Crippen LogP contribution is -2.45.